The number of allylic oxidation sites excluding steroid dienone is 2. The van der Waals surface area contributed by atoms with E-state index in [9.17, 15) is 4.79 Å². The number of rotatable bonds is 6. The summed E-state index contributed by atoms with van der Waals surface area (Å²) in [5, 5.41) is 0. The molecule has 140 valence electrons. The van der Waals surface area contributed by atoms with Gasteiger partial charge in [-0.2, -0.15) is 0 Å². The van der Waals surface area contributed by atoms with Gasteiger partial charge in [0.1, 0.15) is 0 Å². The zero-order valence-corrected chi connectivity index (χ0v) is 16.0. The number of aryl methyl sites for hydroxylation is 2. The maximum absolute atomic E-state index is 12.5. The van der Waals surface area contributed by atoms with E-state index >= 15 is 0 Å². The van der Waals surface area contributed by atoms with Crippen LogP contribution in [-0.2, 0) is 16.0 Å². The average Bonchev–Trinajstić information content (AvgIpc) is 3.30. The van der Waals surface area contributed by atoms with Gasteiger partial charge in [-0.15, -0.1) is 0 Å². The minimum absolute atomic E-state index is 0.0151. The Labute approximate surface area is 160 Å². The standard InChI is InChI=1S/C23H26N2O2/c1-15-7-9-24-21(11-15)22-14-17(8-10-25-22)4-3-16(2)27-23(26)20-13-18-5-6-19(20)12-18/h5-11,14,16,18-20H,3-4,12-13H2,1-2H3. The Kier molecular flexibility index (Phi) is 5.06. The lowest BCUT2D eigenvalue weighted by Gasteiger charge is -2.20. The first-order chi connectivity index (χ1) is 13.1. The van der Waals surface area contributed by atoms with Crippen molar-refractivity contribution in [3.05, 3.63) is 59.9 Å². The number of carbonyl (C=O) groups excluding carboxylic acids is 1. The minimum Gasteiger partial charge on any atom is -0.462 e. The Morgan fingerprint density at radius 1 is 1.15 bits per heavy atom. The maximum atomic E-state index is 12.5. The molecule has 4 heteroatoms. The fourth-order valence-corrected chi connectivity index (χ4v) is 4.21. The van der Waals surface area contributed by atoms with Gasteiger partial charge in [0, 0.05) is 12.4 Å². The highest BCUT2D eigenvalue weighted by Gasteiger charge is 2.41. The predicted molar refractivity (Wildman–Crippen MR) is 105 cm³/mol. The van der Waals surface area contributed by atoms with Crippen molar-refractivity contribution in [2.75, 3.05) is 0 Å². The van der Waals surface area contributed by atoms with Gasteiger partial charge in [-0.25, -0.2) is 0 Å². The van der Waals surface area contributed by atoms with Gasteiger partial charge >= 0.3 is 5.97 Å². The fourth-order valence-electron chi connectivity index (χ4n) is 4.21. The van der Waals surface area contributed by atoms with Crippen LogP contribution in [0.1, 0.15) is 37.3 Å². The Bertz CT molecular complexity index is 861. The highest BCUT2D eigenvalue weighted by molar-refractivity contribution is 5.74. The quantitative estimate of drug-likeness (QED) is 0.560. The van der Waals surface area contributed by atoms with Crippen LogP contribution in [0.2, 0.25) is 0 Å². The van der Waals surface area contributed by atoms with E-state index in [2.05, 4.69) is 35.1 Å². The largest absolute Gasteiger partial charge is 0.462 e. The molecule has 0 aromatic carbocycles. The number of carbonyl (C=O) groups is 1. The maximum Gasteiger partial charge on any atom is 0.309 e. The Balaban J connectivity index is 1.32. The van der Waals surface area contributed by atoms with Gasteiger partial charge in [0.15, 0.2) is 0 Å². The molecular weight excluding hydrogens is 336 g/mol. The molecule has 0 radical (unpaired) electrons. The van der Waals surface area contributed by atoms with Gasteiger partial charge in [0.25, 0.3) is 0 Å². The van der Waals surface area contributed by atoms with Crippen LogP contribution in [-0.4, -0.2) is 22.0 Å². The lowest BCUT2D eigenvalue weighted by molar-refractivity contribution is -0.154. The highest BCUT2D eigenvalue weighted by Crippen LogP contribution is 2.44. The molecule has 2 aromatic heterocycles. The summed E-state index contributed by atoms with van der Waals surface area (Å²) in [5.74, 6) is 1.05. The van der Waals surface area contributed by atoms with Crippen LogP contribution >= 0.6 is 0 Å². The molecule has 4 rings (SSSR count). The number of hydrogen-bond acceptors (Lipinski definition) is 4. The molecule has 0 N–H and O–H groups in total. The number of aromatic nitrogens is 2. The van der Waals surface area contributed by atoms with Crippen molar-refractivity contribution >= 4 is 5.97 Å². The zero-order valence-electron chi connectivity index (χ0n) is 16.0. The Morgan fingerprint density at radius 2 is 1.93 bits per heavy atom. The first kappa shape index (κ1) is 17.9. The SMILES string of the molecule is Cc1ccnc(-c2cc(CCC(C)OC(=O)C3CC4C=CC3C4)ccn2)c1. The minimum atomic E-state index is -0.0747. The lowest BCUT2D eigenvalue weighted by Crippen LogP contribution is -2.25. The molecule has 1 fully saturated rings. The second-order valence-corrected chi connectivity index (χ2v) is 7.94. The third-order valence-corrected chi connectivity index (χ3v) is 5.74. The summed E-state index contributed by atoms with van der Waals surface area (Å²) in [6.07, 6.45) is 11.8. The molecule has 2 aliphatic rings. The Morgan fingerprint density at radius 3 is 2.63 bits per heavy atom. The Hall–Kier alpha value is -2.49. The molecule has 0 saturated heterocycles. The molecule has 4 atom stereocenters. The zero-order chi connectivity index (χ0) is 18.8. The number of pyridine rings is 2. The molecule has 2 aliphatic carbocycles. The monoisotopic (exact) mass is 362 g/mol. The summed E-state index contributed by atoms with van der Waals surface area (Å²) in [6.45, 7) is 4.04. The fraction of sp³-hybridized carbons (Fsp3) is 0.435. The molecule has 2 aromatic rings. The summed E-state index contributed by atoms with van der Waals surface area (Å²) in [4.78, 5) is 21.3. The number of nitrogens with zero attached hydrogens (tertiary/aromatic N) is 2. The molecule has 0 spiro atoms. The van der Waals surface area contributed by atoms with E-state index in [0.29, 0.717) is 11.8 Å². The molecule has 0 aliphatic heterocycles. The van der Waals surface area contributed by atoms with Crippen LogP contribution in [0.3, 0.4) is 0 Å². The van der Waals surface area contributed by atoms with Crippen molar-refractivity contribution in [1.29, 1.82) is 0 Å². The summed E-state index contributed by atoms with van der Waals surface area (Å²) in [7, 11) is 0. The van der Waals surface area contributed by atoms with E-state index in [1.165, 1.54) is 11.1 Å². The van der Waals surface area contributed by atoms with Gasteiger partial charge in [0.05, 0.1) is 23.4 Å². The van der Waals surface area contributed by atoms with Crippen LogP contribution < -0.4 is 0 Å². The van der Waals surface area contributed by atoms with Crippen molar-refractivity contribution in [1.82, 2.24) is 9.97 Å². The van der Waals surface area contributed by atoms with Crippen LogP contribution in [0.25, 0.3) is 11.4 Å². The molecule has 27 heavy (non-hydrogen) atoms. The predicted octanol–water partition coefficient (Wildman–Crippen LogP) is 4.53. The van der Waals surface area contributed by atoms with Crippen LogP contribution in [0.15, 0.2) is 48.8 Å². The van der Waals surface area contributed by atoms with Gasteiger partial charge in [0.2, 0.25) is 0 Å². The van der Waals surface area contributed by atoms with Gasteiger partial charge in [-0.3, -0.25) is 14.8 Å². The summed E-state index contributed by atoms with van der Waals surface area (Å²) >= 11 is 0. The number of fused-ring (bicyclic) bond motifs is 2. The summed E-state index contributed by atoms with van der Waals surface area (Å²) in [6, 6.07) is 8.13. The summed E-state index contributed by atoms with van der Waals surface area (Å²) < 4.78 is 5.74. The molecule has 2 bridgehead atoms. The molecule has 4 unspecified atom stereocenters. The number of ether oxygens (including phenoxy) is 1. The molecule has 2 heterocycles. The normalized spacial score (nSPS) is 24.1. The average molecular weight is 362 g/mol. The molecule has 1 saturated carbocycles. The second-order valence-electron chi connectivity index (χ2n) is 7.94. The summed E-state index contributed by atoms with van der Waals surface area (Å²) in [5.41, 5.74) is 4.13. The van der Waals surface area contributed by atoms with E-state index in [1.807, 2.05) is 37.5 Å². The topological polar surface area (TPSA) is 52.1 Å². The van der Waals surface area contributed by atoms with Gasteiger partial charge < -0.3 is 4.74 Å². The van der Waals surface area contributed by atoms with Gasteiger partial charge in [-0.05, 0) is 86.8 Å². The third kappa shape index (κ3) is 4.10. The highest BCUT2D eigenvalue weighted by atomic mass is 16.5. The van der Waals surface area contributed by atoms with E-state index in [-0.39, 0.29) is 18.0 Å². The third-order valence-electron chi connectivity index (χ3n) is 5.74. The van der Waals surface area contributed by atoms with Crippen LogP contribution in [0.4, 0.5) is 0 Å². The van der Waals surface area contributed by atoms with Gasteiger partial charge in [-0.1, -0.05) is 12.2 Å². The first-order valence-corrected chi connectivity index (χ1v) is 9.85. The molecule has 0 amide bonds. The van der Waals surface area contributed by atoms with Crippen molar-refractivity contribution in [2.24, 2.45) is 17.8 Å². The molecule has 4 nitrogen and oxygen atoms in total. The van der Waals surface area contributed by atoms with E-state index in [4.69, 9.17) is 4.74 Å². The number of hydrogen-bond donors (Lipinski definition) is 0. The van der Waals surface area contributed by atoms with Crippen molar-refractivity contribution < 1.29 is 9.53 Å². The van der Waals surface area contributed by atoms with E-state index < -0.39 is 0 Å². The molecular formula is C23H26N2O2. The van der Waals surface area contributed by atoms with Crippen LogP contribution in [0.5, 0.6) is 0 Å². The smallest absolute Gasteiger partial charge is 0.309 e. The van der Waals surface area contributed by atoms with Crippen molar-refractivity contribution in [3.8, 4) is 11.4 Å². The van der Waals surface area contributed by atoms with E-state index in [0.717, 1.165) is 37.1 Å². The van der Waals surface area contributed by atoms with Crippen molar-refractivity contribution in [2.45, 2.75) is 45.6 Å². The van der Waals surface area contributed by atoms with Crippen molar-refractivity contribution in [3.63, 3.8) is 0 Å². The second kappa shape index (κ2) is 7.63. The van der Waals surface area contributed by atoms with Crippen LogP contribution in [0, 0.1) is 24.7 Å². The van der Waals surface area contributed by atoms with E-state index in [1.54, 1.807) is 0 Å². The first-order valence-electron chi connectivity index (χ1n) is 9.85. The lowest BCUT2D eigenvalue weighted by atomic mass is 9.94. The number of esters is 1.